The lowest BCUT2D eigenvalue weighted by Crippen LogP contribution is -2.24. The molecule has 0 unspecified atom stereocenters. The summed E-state index contributed by atoms with van der Waals surface area (Å²) in [5.74, 6) is 0. The van der Waals surface area contributed by atoms with Crippen LogP contribution in [-0.2, 0) is 9.84 Å². The first kappa shape index (κ1) is 12.2. The van der Waals surface area contributed by atoms with E-state index < -0.39 is 21.2 Å². The van der Waals surface area contributed by atoms with Crippen LogP contribution in [0.1, 0.15) is 24.2 Å². The molecule has 0 saturated carbocycles. The lowest BCUT2D eigenvalue weighted by molar-refractivity contribution is 0.176. The van der Waals surface area contributed by atoms with Crippen molar-refractivity contribution in [2.45, 2.75) is 25.2 Å². The Kier molecular flexibility index (Phi) is 3.52. The van der Waals surface area contributed by atoms with Crippen molar-refractivity contribution in [1.29, 1.82) is 0 Å². The molecule has 0 bridgehead atoms. The molecule has 0 aliphatic heterocycles. The first-order chi connectivity index (χ1) is 6.82. The van der Waals surface area contributed by atoms with Crippen molar-refractivity contribution in [2.75, 3.05) is 6.26 Å². The number of hydrogen-bond acceptors (Lipinski definition) is 3. The predicted octanol–water partition coefficient (Wildman–Crippen LogP) is 1.46. The second kappa shape index (κ2) is 4.33. The Morgan fingerprint density at radius 3 is 2.40 bits per heavy atom. The SMILES string of the molecule is Cc1cccc([C@H](O)[C@H](C)S(C)(=O)=O)c1. The normalized spacial score (nSPS) is 16.0. The zero-order valence-electron chi connectivity index (χ0n) is 9.14. The minimum Gasteiger partial charge on any atom is -0.387 e. The van der Waals surface area contributed by atoms with E-state index in [0.717, 1.165) is 11.8 Å². The summed E-state index contributed by atoms with van der Waals surface area (Å²) < 4.78 is 22.5. The molecular formula is C11H16O3S. The van der Waals surface area contributed by atoms with E-state index in [1.165, 1.54) is 6.92 Å². The molecule has 0 amide bonds. The number of rotatable bonds is 3. The predicted molar refractivity (Wildman–Crippen MR) is 60.4 cm³/mol. The third-order valence-electron chi connectivity index (χ3n) is 2.50. The van der Waals surface area contributed by atoms with Crippen molar-refractivity contribution in [2.24, 2.45) is 0 Å². The van der Waals surface area contributed by atoms with Gasteiger partial charge in [0.25, 0.3) is 0 Å². The van der Waals surface area contributed by atoms with E-state index in [0.29, 0.717) is 5.56 Å². The van der Waals surface area contributed by atoms with Gasteiger partial charge in [-0.05, 0) is 19.4 Å². The maximum Gasteiger partial charge on any atom is 0.152 e. The van der Waals surface area contributed by atoms with Crippen LogP contribution in [0.2, 0.25) is 0 Å². The fourth-order valence-electron chi connectivity index (χ4n) is 1.36. The molecule has 0 spiro atoms. The monoisotopic (exact) mass is 228 g/mol. The summed E-state index contributed by atoms with van der Waals surface area (Å²) in [4.78, 5) is 0. The van der Waals surface area contributed by atoms with Gasteiger partial charge in [-0.1, -0.05) is 29.8 Å². The second-order valence-corrected chi connectivity index (χ2v) is 6.30. The molecule has 0 radical (unpaired) electrons. The summed E-state index contributed by atoms with van der Waals surface area (Å²) in [6.45, 7) is 3.42. The van der Waals surface area contributed by atoms with Crippen LogP contribution in [0.3, 0.4) is 0 Å². The number of hydrogen-bond donors (Lipinski definition) is 1. The summed E-state index contributed by atoms with van der Waals surface area (Å²) in [5, 5.41) is 9.09. The maximum atomic E-state index is 11.3. The van der Waals surface area contributed by atoms with Gasteiger partial charge >= 0.3 is 0 Å². The number of sulfone groups is 1. The Labute approximate surface area is 90.7 Å². The van der Waals surface area contributed by atoms with Crippen LogP contribution in [0.25, 0.3) is 0 Å². The summed E-state index contributed by atoms with van der Waals surface area (Å²) >= 11 is 0. The van der Waals surface area contributed by atoms with Gasteiger partial charge in [-0.25, -0.2) is 8.42 Å². The van der Waals surface area contributed by atoms with Gasteiger partial charge in [0.05, 0.1) is 11.4 Å². The largest absolute Gasteiger partial charge is 0.387 e. The number of benzene rings is 1. The van der Waals surface area contributed by atoms with Crippen molar-refractivity contribution in [3.63, 3.8) is 0 Å². The van der Waals surface area contributed by atoms with E-state index in [-0.39, 0.29) is 0 Å². The molecule has 0 saturated heterocycles. The number of aryl methyl sites for hydroxylation is 1. The maximum absolute atomic E-state index is 11.3. The zero-order chi connectivity index (χ0) is 11.6. The van der Waals surface area contributed by atoms with Crippen molar-refractivity contribution in [1.82, 2.24) is 0 Å². The van der Waals surface area contributed by atoms with E-state index >= 15 is 0 Å². The molecule has 1 aromatic carbocycles. The van der Waals surface area contributed by atoms with Crippen LogP contribution in [0.5, 0.6) is 0 Å². The van der Waals surface area contributed by atoms with Gasteiger partial charge < -0.3 is 5.11 Å². The molecule has 2 atom stereocenters. The highest BCUT2D eigenvalue weighted by Crippen LogP contribution is 2.21. The molecule has 84 valence electrons. The lowest BCUT2D eigenvalue weighted by atomic mass is 10.0. The quantitative estimate of drug-likeness (QED) is 0.852. The topological polar surface area (TPSA) is 54.4 Å². The molecule has 1 N–H and O–H groups in total. The third kappa shape index (κ3) is 3.04. The first-order valence-corrected chi connectivity index (χ1v) is 6.71. The molecule has 1 rings (SSSR count). The molecule has 4 heteroatoms. The van der Waals surface area contributed by atoms with Gasteiger partial charge in [-0.15, -0.1) is 0 Å². The Bertz CT molecular complexity index is 437. The Morgan fingerprint density at radius 1 is 1.33 bits per heavy atom. The van der Waals surface area contributed by atoms with Crippen LogP contribution < -0.4 is 0 Å². The molecule has 0 aliphatic carbocycles. The standard InChI is InChI=1S/C11H16O3S/c1-8-5-4-6-10(7-8)11(12)9(2)15(3,13)14/h4-7,9,11-12H,1-3H3/t9-,11+/m0/s1. The highest BCUT2D eigenvalue weighted by Gasteiger charge is 2.25. The molecule has 3 nitrogen and oxygen atoms in total. The van der Waals surface area contributed by atoms with E-state index in [4.69, 9.17) is 0 Å². The number of aliphatic hydroxyl groups is 1. The highest BCUT2D eigenvalue weighted by atomic mass is 32.2. The smallest absolute Gasteiger partial charge is 0.152 e. The molecule has 0 aromatic heterocycles. The zero-order valence-corrected chi connectivity index (χ0v) is 9.95. The van der Waals surface area contributed by atoms with E-state index in [1.807, 2.05) is 19.1 Å². The van der Waals surface area contributed by atoms with Crippen LogP contribution in [0.15, 0.2) is 24.3 Å². The van der Waals surface area contributed by atoms with Crippen molar-refractivity contribution in [3.8, 4) is 0 Å². The minimum absolute atomic E-state index is 0.646. The van der Waals surface area contributed by atoms with E-state index in [2.05, 4.69) is 0 Å². The Balaban J connectivity index is 3.00. The molecule has 15 heavy (non-hydrogen) atoms. The second-order valence-electron chi connectivity index (χ2n) is 3.89. The highest BCUT2D eigenvalue weighted by molar-refractivity contribution is 7.91. The summed E-state index contributed by atoms with van der Waals surface area (Å²) in [7, 11) is -3.21. The lowest BCUT2D eigenvalue weighted by Gasteiger charge is -2.17. The summed E-state index contributed by atoms with van der Waals surface area (Å²) in [6.07, 6.45) is 0.177. The summed E-state index contributed by atoms with van der Waals surface area (Å²) in [5.41, 5.74) is 1.65. The van der Waals surface area contributed by atoms with Gasteiger partial charge in [0, 0.05) is 6.26 Å². The fraction of sp³-hybridized carbons (Fsp3) is 0.455. The molecule has 0 heterocycles. The summed E-state index contributed by atoms with van der Waals surface area (Å²) in [6, 6.07) is 7.25. The first-order valence-electron chi connectivity index (χ1n) is 4.76. The van der Waals surface area contributed by atoms with Crippen LogP contribution in [-0.4, -0.2) is 25.0 Å². The van der Waals surface area contributed by atoms with Crippen LogP contribution >= 0.6 is 0 Å². The van der Waals surface area contributed by atoms with Crippen molar-refractivity contribution < 1.29 is 13.5 Å². The van der Waals surface area contributed by atoms with Crippen LogP contribution in [0.4, 0.5) is 0 Å². The van der Waals surface area contributed by atoms with Crippen molar-refractivity contribution >= 4 is 9.84 Å². The molecule has 1 aromatic rings. The van der Waals surface area contributed by atoms with Gasteiger partial charge in [-0.3, -0.25) is 0 Å². The van der Waals surface area contributed by atoms with E-state index in [9.17, 15) is 13.5 Å². The third-order valence-corrected chi connectivity index (χ3v) is 4.11. The Hall–Kier alpha value is -0.870. The average molecular weight is 228 g/mol. The molecule has 0 aliphatic rings. The number of aliphatic hydroxyl groups excluding tert-OH is 1. The minimum atomic E-state index is -3.21. The molecular weight excluding hydrogens is 212 g/mol. The average Bonchev–Trinajstić information content (AvgIpc) is 2.14. The van der Waals surface area contributed by atoms with Crippen LogP contribution in [0, 0.1) is 6.92 Å². The molecule has 0 fully saturated rings. The van der Waals surface area contributed by atoms with Gasteiger partial charge in [0.15, 0.2) is 9.84 Å². The van der Waals surface area contributed by atoms with Gasteiger partial charge in [0.2, 0.25) is 0 Å². The fourth-order valence-corrected chi connectivity index (χ4v) is 1.98. The van der Waals surface area contributed by atoms with Gasteiger partial charge in [-0.2, -0.15) is 0 Å². The van der Waals surface area contributed by atoms with Crippen molar-refractivity contribution in [3.05, 3.63) is 35.4 Å². The van der Waals surface area contributed by atoms with Gasteiger partial charge in [0.1, 0.15) is 0 Å². The Morgan fingerprint density at radius 2 is 1.93 bits per heavy atom. The van der Waals surface area contributed by atoms with E-state index in [1.54, 1.807) is 12.1 Å².